The summed E-state index contributed by atoms with van der Waals surface area (Å²) in [6, 6.07) is 5.55. The minimum Gasteiger partial charge on any atom is -0.342 e. The highest BCUT2D eigenvalue weighted by molar-refractivity contribution is 5.96. The van der Waals surface area contributed by atoms with Gasteiger partial charge in [-0.15, -0.1) is 0 Å². The molecule has 1 saturated heterocycles. The summed E-state index contributed by atoms with van der Waals surface area (Å²) in [6.45, 7) is 2.69. The highest BCUT2D eigenvalue weighted by Crippen LogP contribution is 2.17. The van der Waals surface area contributed by atoms with Crippen molar-refractivity contribution in [1.82, 2.24) is 14.9 Å². The fourth-order valence-electron chi connectivity index (χ4n) is 2.79. The van der Waals surface area contributed by atoms with E-state index < -0.39 is 0 Å². The molecule has 0 aliphatic carbocycles. The summed E-state index contributed by atoms with van der Waals surface area (Å²) in [6.07, 6.45) is 3.50. The second-order valence-electron chi connectivity index (χ2n) is 5.73. The molecule has 0 spiro atoms. The quantitative estimate of drug-likeness (QED) is 0.912. The SMILES string of the molecule is Cc1nc2ccc(NC(=O)CN3CCCCCC3=O)cc2[nH]1. The molecule has 6 nitrogen and oxygen atoms in total. The van der Waals surface area contributed by atoms with Crippen molar-refractivity contribution in [2.75, 3.05) is 18.4 Å². The Labute approximate surface area is 128 Å². The van der Waals surface area contributed by atoms with Crippen molar-refractivity contribution in [3.05, 3.63) is 24.0 Å². The van der Waals surface area contributed by atoms with E-state index in [1.165, 1.54) is 0 Å². The van der Waals surface area contributed by atoms with Crippen LogP contribution in [0.5, 0.6) is 0 Å². The Morgan fingerprint density at radius 3 is 3.09 bits per heavy atom. The van der Waals surface area contributed by atoms with Crippen molar-refractivity contribution in [3.63, 3.8) is 0 Å². The number of aromatic amines is 1. The molecule has 2 aromatic rings. The normalized spacial score (nSPS) is 15.9. The Morgan fingerprint density at radius 1 is 1.36 bits per heavy atom. The van der Waals surface area contributed by atoms with Crippen molar-refractivity contribution in [3.8, 4) is 0 Å². The summed E-state index contributed by atoms with van der Waals surface area (Å²) < 4.78 is 0. The number of likely N-dealkylation sites (tertiary alicyclic amines) is 1. The molecule has 0 atom stereocenters. The monoisotopic (exact) mass is 300 g/mol. The van der Waals surface area contributed by atoms with Crippen molar-refractivity contribution in [2.45, 2.75) is 32.6 Å². The van der Waals surface area contributed by atoms with Crippen LogP contribution in [0.25, 0.3) is 11.0 Å². The number of aryl methyl sites for hydroxylation is 1. The molecule has 6 heteroatoms. The van der Waals surface area contributed by atoms with Crippen LogP contribution in [0.2, 0.25) is 0 Å². The largest absolute Gasteiger partial charge is 0.342 e. The van der Waals surface area contributed by atoms with Gasteiger partial charge in [-0.25, -0.2) is 4.98 Å². The number of anilines is 1. The van der Waals surface area contributed by atoms with E-state index in [9.17, 15) is 9.59 Å². The predicted octanol–water partition coefficient (Wildman–Crippen LogP) is 2.21. The molecule has 116 valence electrons. The van der Waals surface area contributed by atoms with Crippen LogP contribution in [0.4, 0.5) is 5.69 Å². The highest BCUT2D eigenvalue weighted by Gasteiger charge is 2.19. The zero-order valence-corrected chi connectivity index (χ0v) is 12.7. The number of imidazole rings is 1. The topological polar surface area (TPSA) is 78.1 Å². The Bertz CT molecular complexity index is 707. The third-order valence-corrected chi connectivity index (χ3v) is 3.89. The van der Waals surface area contributed by atoms with Crippen LogP contribution in [0, 0.1) is 6.92 Å². The average molecular weight is 300 g/mol. The van der Waals surface area contributed by atoms with E-state index in [0.29, 0.717) is 18.7 Å². The van der Waals surface area contributed by atoms with Gasteiger partial charge in [-0.2, -0.15) is 0 Å². The standard InChI is InChI=1S/C16H20N4O2/c1-11-17-13-7-6-12(9-14(13)18-11)19-15(21)10-20-8-4-2-3-5-16(20)22/h6-7,9H,2-5,8,10H2,1H3,(H,17,18)(H,19,21). The first-order chi connectivity index (χ1) is 10.6. The van der Waals surface area contributed by atoms with Crippen LogP contribution >= 0.6 is 0 Å². The molecule has 1 aliphatic heterocycles. The van der Waals surface area contributed by atoms with Crippen LogP contribution in [-0.2, 0) is 9.59 Å². The molecule has 1 aliphatic rings. The van der Waals surface area contributed by atoms with Gasteiger partial charge < -0.3 is 15.2 Å². The molecule has 1 fully saturated rings. The third kappa shape index (κ3) is 3.27. The minimum absolute atomic E-state index is 0.0762. The summed E-state index contributed by atoms with van der Waals surface area (Å²) in [7, 11) is 0. The number of nitrogens with zero attached hydrogens (tertiary/aromatic N) is 2. The number of carbonyl (C=O) groups excluding carboxylic acids is 2. The van der Waals surface area contributed by atoms with Gasteiger partial charge in [0.2, 0.25) is 11.8 Å². The van der Waals surface area contributed by atoms with Gasteiger partial charge in [0.1, 0.15) is 5.82 Å². The van der Waals surface area contributed by atoms with Crippen LogP contribution in [0.15, 0.2) is 18.2 Å². The summed E-state index contributed by atoms with van der Waals surface area (Å²) in [5, 5.41) is 2.85. The Morgan fingerprint density at radius 2 is 2.23 bits per heavy atom. The first kappa shape index (κ1) is 14.6. The molecule has 2 heterocycles. The number of H-pyrrole nitrogens is 1. The number of fused-ring (bicyclic) bond motifs is 1. The Balaban J connectivity index is 1.65. The first-order valence-corrected chi connectivity index (χ1v) is 7.66. The number of rotatable bonds is 3. The van der Waals surface area contributed by atoms with Crippen molar-refractivity contribution in [2.24, 2.45) is 0 Å². The fourth-order valence-corrected chi connectivity index (χ4v) is 2.79. The lowest BCUT2D eigenvalue weighted by molar-refractivity contribution is -0.134. The van der Waals surface area contributed by atoms with Crippen molar-refractivity contribution < 1.29 is 9.59 Å². The highest BCUT2D eigenvalue weighted by atomic mass is 16.2. The van der Waals surface area contributed by atoms with E-state index >= 15 is 0 Å². The zero-order valence-electron chi connectivity index (χ0n) is 12.7. The van der Waals surface area contributed by atoms with Crippen LogP contribution in [-0.4, -0.2) is 39.8 Å². The molecule has 2 N–H and O–H groups in total. The van der Waals surface area contributed by atoms with Gasteiger partial charge in [0, 0.05) is 18.7 Å². The second kappa shape index (κ2) is 6.17. The van der Waals surface area contributed by atoms with Gasteiger partial charge >= 0.3 is 0 Å². The zero-order chi connectivity index (χ0) is 15.5. The van der Waals surface area contributed by atoms with E-state index in [1.54, 1.807) is 4.90 Å². The molecular formula is C16H20N4O2. The molecule has 0 radical (unpaired) electrons. The van der Waals surface area contributed by atoms with Gasteiger partial charge in [0.15, 0.2) is 0 Å². The van der Waals surface area contributed by atoms with E-state index in [-0.39, 0.29) is 18.4 Å². The molecule has 1 aromatic carbocycles. The van der Waals surface area contributed by atoms with Crippen LogP contribution in [0.1, 0.15) is 31.5 Å². The number of amides is 2. The fraction of sp³-hybridized carbons (Fsp3) is 0.438. The molecular weight excluding hydrogens is 280 g/mol. The number of nitrogens with one attached hydrogen (secondary N) is 2. The second-order valence-corrected chi connectivity index (χ2v) is 5.73. The number of aromatic nitrogens is 2. The number of hydrogen-bond donors (Lipinski definition) is 2. The predicted molar refractivity (Wildman–Crippen MR) is 84.5 cm³/mol. The molecule has 0 unspecified atom stereocenters. The van der Waals surface area contributed by atoms with E-state index in [0.717, 1.165) is 36.1 Å². The van der Waals surface area contributed by atoms with E-state index in [2.05, 4.69) is 15.3 Å². The van der Waals surface area contributed by atoms with Gasteiger partial charge in [-0.1, -0.05) is 6.42 Å². The van der Waals surface area contributed by atoms with Gasteiger partial charge in [-0.05, 0) is 38.0 Å². The lowest BCUT2D eigenvalue weighted by Gasteiger charge is -2.19. The third-order valence-electron chi connectivity index (χ3n) is 3.89. The summed E-state index contributed by atoms with van der Waals surface area (Å²) in [5.41, 5.74) is 2.47. The smallest absolute Gasteiger partial charge is 0.243 e. The molecule has 0 bridgehead atoms. The Kier molecular flexibility index (Phi) is 4.09. The van der Waals surface area contributed by atoms with Gasteiger partial charge in [0.25, 0.3) is 0 Å². The number of carbonyl (C=O) groups is 2. The van der Waals surface area contributed by atoms with Crippen molar-refractivity contribution >= 4 is 28.5 Å². The lowest BCUT2D eigenvalue weighted by atomic mass is 10.2. The summed E-state index contributed by atoms with van der Waals surface area (Å²) in [5.74, 6) is 0.756. The molecule has 2 amide bonds. The van der Waals surface area contributed by atoms with Crippen LogP contribution in [0.3, 0.4) is 0 Å². The number of benzene rings is 1. The van der Waals surface area contributed by atoms with E-state index in [1.807, 2.05) is 25.1 Å². The maximum absolute atomic E-state index is 12.1. The minimum atomic E-state index is -0.161. The summed E-state index contributed by atoms with van der Waals surface area (Å²) in [4.78, 5) is 33.2. The first-order valence-electron chi connectivity index (χ1n) is 7.66. The van der Waals surface area contributed by atoms with Gasteiger partial charge in [0.05, 0.1) is 17.6 Å². The maximum atomic E-state index is 12.1. The number of hydrogen-bond acceptors (Lipinski definition) is 3. The Hall–Kier alpha value is -2.37. The van der Waals surface area contributed by atoms with Crippen LogP contribution < -0.4 is 5.32 Å². The van der Waals surface area contributed by atoms with Gasteiger partial charge in [-0.3, -0.25) is 9.59 Å². The average Bonchev–Trinajstić information content (AvgIpc) is 2.72. The summed E-state index contributed by atoms with van der Waals surface area (Å²) >= 11 is 0. The molecule has 0 saturated carbocycles. The maximum Gasteiger partial charge on any atom is 0.243 e. The molecule has 1 aromatic heterocycles. The molecule has 3 rings (SSSR count). The molecule has 22 heavy (non-hydrogen) atoms. The lowest BCUT2D eigenvalue weighted by Crippen LogP contribution is -2.37. The van der Waals surface area contributed by atoms with Crippen molar-refractivity contribution in [1.29, 1.82) is 0 Å². The van der Waals surface area contributed by atoms with E-state index in [4.69, 9.17) is 0 Å².